The molecule has 140 valence electrons. The molecule has 1 heterocycles. The molecule has 0 fully saturated rings. The Morgan fingerprint density at radius 1 is 1.15 bits per heavy atom. The molecule has 0 saturated carbocycles. The minimum absolute atomic E-state index is 0.0141. The molecule has 0 aliphatic carbocycles. The fraction of sp³-hybridized carbons (Fsp3) is 0.190. The highest BCUT2D eigenvalue weighted by Crippen LogP contribution is 2.23. The SMILES string of the molecule is CCc1ccc([C@H]([NH2+]CC(=O)Nc2ccc(F)cc2F)c2cccs2)cc1. The summed E-state index contributed by atoms with van der Waals surface area (Å²) in [6.45, 7) is 2.23. The van der Waals surface area contributed by atoms with Gasteiger partial charge in [-0.1, -0.05) is 37.3 Å². The Hall–Kier alpha value is -2.57. The molecule has 2 aromatic carbocycles. The van der Waals surface area contributed by atoms with E-state index in [0.29, 0.717) is 0 Å². The van der Waals surface area contributed by atoms with Crippen molar-refractivity contribution in [1.82, 2.24) is 0 Å². The lowest BCUT2D eigenvalue weighted by Crippen LogP contribution is -2.87. The molecule has 0 radical (unpaired) electrons. The second-order valence-corrected chi connectivity index (χ2v) is 7.18. The van der Waals surface area contributed by atoms with Crippen LogP contribution in [0.25, 0.3) is 0 Å². The van der Waals surface area contributed by atoms with Crippen LogP contribution in [0.15, 0.2) is 60.0 Å². The van der Waals surface area contributed by atoms with Crippen molar-refractivity contribution < 1.29 is 18.9 Å². The van der Waals surface area contributed by atoms with Gasteiger partial charge in [-0.3, -0.25) is 4.79 Å². The topological polar surface area (TPSA) is 45.7 Å². The summed E-state index contributed by atoms with van der Waals surface area (Å²) in [4.78, 5) is 13.4. The van der Waals surface area contributed by atoms with Gasteiger partial charge in [-0.05, 0) is 35.6 Å². The lowest BCUT2D eigenvalue weighted by Gasteiger charge is -2.15. The molecular formula is C21H21F2N2OS+. The summed E-state index contributed by atoms with van der Waals surface area (Å²) in [5, 5.41) is 6.42. The highest BCUT2D eigenvalue weighted by Gasteiger charge is 2.20. The van der Waals surface area contributed by atoms with E-state index in [4.69, 9.17) is 0 Å². The second-order valence-electron chi connectivity index (χ2n) is 6.20. The third-order valence-corrected chi connectivity index (χ3v) is 5.30. The van der Waals surface area contributed by atoms with Crippen LogP contribution in [0.2, 0.25) is 0 Å². The van der Waals surface area contributed by atoms with Crippen LogP contribution in [-0.4, -0.2) is 12.5 Å². The molecule has 1 atom stereocenters. The first-order valence-electron chi connectivity index (χ1n) is 8.77. The summed E-state index contributed by atoms with van der Waals surface area (Å²) < 4.78 is 26.7. The Morgan fingerprint density at radius 2 is 1.93 bits per heavy atom. The Balaban J connectivity index is 1.70. The number of aryl methyl sites for hydroxylation is 1. The summed E-state index contributed by atoms with van der Waals surface area (Å²) in [5.41, 5.74) is 2.35. The van der Waals surface area contributed by atoms with E-state index < -0.39 is 11.6 Å². The molecule has 0 spiro atoms. The lowest BCUT2D eigenvalue weighted by molar-refractivity contribution is -0.675. The number of benzene rings is 2. The smallest absolute Gasteiger partial charge is 0.279 e. The van der Waals surface area contributed by atoms with E-state index in [1.54, 1.807) is 11.3 Å². The van der Waals surface area contributed by atoms with Gasteiger partial charge >= 0.3 is 0 Å². The average molecular weight is 387 g/mol. The number of hydrogen-bond donors (Lipinski definition) is 2. The normalized spacial score (nSPS) is 12.0. The van der Waals surface area contributed by atoms with Crippen LogP contribution in [0.3, 0.4) is 0 Å². The zero-order valence-electron chi connectivity index (χ0n) is 14.9. The molecule has 3 nitrogen and oxygen atoms in total. The molecule has 3 N–H and O–H groups in total. The van der Waals surface area contributed by atoms with Gasteiger partial charge in [-0.2, -0.15) is 0 Å². The molecule has 0 saturated heterocycles. The molecule has 27 heavy (non-hydrogen) atoms. The molecule has 3 aromatic rings. The number of amides is 1. The van der Waals surface area contributed by atoms with Crippen LogP contribution in [0.5, 0.6) is 0 Å². The highest BCUT2D eigenvalue weighted by molar-refractivity contribution is 7.10. The van der Waals surface area contributed by atoms with Crippen molar-refractivity contribution in [3.63, 3.8) is 0 Å². The van der Waals surface area contributed by atoms with Gasteiger partial charge in [0.25, 0.3) is 5.91 Å². The van der Waals surface area contributed by atoms with E-state index in [1.165, 1.54) is 11.6 Å². The number of thiophene rings is 1. The van der Waals surface area contributed by atoms with Crippen molar-refractivity contribution in [2.75, 3.05) is 11.9 Å². The van der Waals surface area contributed by atoms with Crippen molar-refractivity contribution in [3.05, 3.63) is 87.6 Å². The summed E-state index contributed by atoms with van der Waals surface area (Å²) in [7, 11) is 0. The Bertz CT molecular complexity index is 895. The molecule has 0 unspecified atom stereocenters. The number of halogens is 2. The molecule has 1 aromatic heterocycles. The Labute approximate surface area is 161 Å². The van der Waals surface area contributed by atoms with Crippen molar-refractivity contribution in [3.8, 4) is 0 Å². The maximum atomic E-state index is 13.7. The number of quaternary nitrogens is 1. The summed E-state index contributed by atoms with van der Waals surface area (Å²) >= 11 is 1.63. The maximum Gasteiger partial charge on any atom is 0.279 e. The quantitative estimate of drug-likeness (QED) is 0.635. The van der Waals surface area contributed by atoms with Crippen LogP contribution in [-0.2, 0) is 11.2 Å². The zero-order valence-corrected chi connectivity index (χ0v) is 15.7. The van der Waals surface area contributed by atoms with Gasteiger partial charge in [0.15, 0.2) is 6.54 Å². The number of rotatable bonds is 7. The number of carbonyl (C=O) groups excluding carboxylic acids is 1. The predicted octanol–water partition coefficient (Wildman–Crippen LogP) is 3.88. The summed E-state index contributed by atoms with van der Waals surface area (Å²) in [6, 6.07) is 15.5. The monoisotopic (exact) mass is 387 g/mol. The minimum Gasteiger partial charge on any atom is -0.328 e. The van der Waals surface area contributed by atoms with Gasteiger partial charge in [0.05, 0.1) is 10.6 Å². The number of nitrogens with one attached hydrogen (secondary N) is 1. The molecular weight excluding hydrogens is 366 g/mol. The largest absolute Gasteiger partial charge is 0.328 e. The van der Waals surface area contributed by atoms with E-state index in [9.17, 15) is 13.6 Å². The molecule has 3 rings (SSSR count). The van der Waals surface area contributed by atoms with E-state index in [1.807, 2.05) is 22.8 Å². The van der Waals surface area contributed by atoms with E-state index in [0.717, 1.165) is 29.0 Å². The standard InChI is InChI=1S/C21H20F2N2OS/c1-2-14-5-7-15(8-6-14)21(19-4-3-11-27-19)24-13-20(26)25-18-10-9-16(22)12-17(18)23/h3-12,21,24H,2,13H2,1H3,(H,25,26)/p+1/t21-/m0/s1. The van der Waals surface area contributed by atoms with E-state index in [2.05, 4.69) is 36.5 Å². The van der Waals surface area contributed by atoms with Gasteiger partial charge < -0.3 is 10.6 Å². The first kappa shape index (κ1) is 19.2. The summed E-state index contributed by atoms with van der Waals surface area (Å²) in [6.07, 6.45) is 0.972. The van der Waals surface area contributed by atoms with Gasteiger partial charge in [0.2, 0.25) is 0 Å². The number of hydrogen-bond acceptors (Lipinski definition) is 2. The molecule has 6 heteroatoms. The van der Waals surface area contributed by atoms with Gasteiger partial charge in [0.1, 0.15) is 17.7 Å². The summed E-state index contributed by atoms with van der Waals surface area (Å²) in [5.74, 6) is -1.80. The van der Waals surface area contributed by atoms with Gasteiger partial charge in [-0.15, -0.1) is 11.3 Å². The van der Waals surface area contributed by atoms with Gasteiger partial charge in [-0.25, -0.2) is 8.78 Å². The van der Waals surface area contributed by atoms with Crippen molar-refractivity contribution in [1.29, 1.82) is 0 Å². The van der Waals surface area contributed by atoms with Crippen LogP contribution in [0.4, 0.5) is 14.5 Å². The van der Waals surface area contributed by atoms with E-state index in [-0.39, 0.29) is 24.2 Å². The highest BCUT2D eigenvalue weighted by atomic mass is 32.1. The minimum atomic E-state index is -0.784. The van der Waals surface area contributed by atoms with Crippen molar-refractivity contribution in [2.24, 2.45) is 0 Å². The number of anilines is 1. The zero-order chi connectivity index (χ0) is 19.2. The number of carbonyl (C=O) groups is 1. The van der Waals surface area contributed by atoms with Crippen molar-refractivity contribution in [2.45, 2.75) is 19.4 Å². The molecule has 0 bridgehead atoms. The first-order chi connectivity index (χ1) is 13.1. The first-order valence-corrected chi connectivity index (χ1v) is 9.65. The van der Waals surface area contributed by atoms with Gasteiger partial charge in [0, 0.05) is 11.6 Å². The van der Waals surface area contributed by atoms with Crippen LogP contribution >= 0.6 is 11.3 Å². The van der Waals surface area contributed by atoms with Crippen molar-refractivity contribution >= 4 is 22.9 Å². The van der Waals surface area contributed by atoms with Crippen LogP contribution < -0.4 is 10.6 Å². The van der Waals surface area contributed by atoms with Crippen LogP contribution in [0.1, 0.15) is 29.0 Å². The predicted molar refractivity (Wildman–Crippen MR) is 104 cm³/mol. The molecule has 1 amide bonds. The van der Waals surface area contributed by atoms with E-state index >= 15 is 0 Å². The lowest BCUT2D eigenvalue weighted by atomic mass is 10.0. The average Bonchev–Trinajstić information content (AvgIpc) is 3.19. The van der Waals surface area contributed by atoms with Crippen LogP contribution in [0, 0.1) is 11.6 Å². The maximum absolute atomic E-state index is 13.7. The third kappa shape index (κ3) is 4.99. The Kier molecular flexibility index (Phi) is 6.32. The fourth-order valence-corrected chi connectivity index (χ4v) is 3.71. The third-order valence-electron chi connectivity index (χ3n) is 4.34. The molecule has 0 aliphatic heterocycles. The second kappa shape index (κ2) is 8.88. The fourth-order valence-electron chi connectivity index (χ4n) is 2.86. The Morgan fingerprint density at radius 3 is 2.56 bits per heavy atom. The molecule has 0 aliphatic rings. The number of nitrogens with two attached hydrogens (primary N) is 1.